The van der Waals surface area contributed by atoms with Gasteiger partial charge in [-0.1, -0.05) is 72.4 Å². The minimum Gasteiger partial charge on any atom is -0.457 e. The van der Waals surface area contributed by atoms with Gasteiger partial charge in [-0.05, 0) is 121 Å². The summed E-state index contributed by atoms with van der Waals surface area (Å²) in [5, 5.41) is 33.9. The third-order valence-corrected chi connectivity index (χ3v) is 15.8. The molecule has 8 aromatic carbocycles. The predicted molar refractivity (Wildman–Crippen MR) is 281 cm³/mol. The van der Waals surface area contributed by atoms with E-state index in [0.717, 1.165) is 121 Å². The summed E-state index contributed by atoms with van der Waals surface area (Å²) in [5.74, 6) is 1.44. The second-order valence-corrected chi connectivity index (χ2v) is 19.4. The average Bonchev–Trinajstić information content (AvgIpc) is 4.05. The second kappa shape index (κ2) is 14.8. The Balaban J connectivity index is 0.946. The zero-order chi connectivity index (χ0) is 47.8. The van der Waals surface area contributed by atoms with Crippen LogP contribution in [0.1, 0.15) is 38.9 Å². The number of rotatable bonds is 3. The Morgan fingerprint density at radius 1 is 0.431 bits per heavy atom. The van der Waals surface area contributed by atoms with Gasteiger partial charge in [0.05, 0.1) is 97.0 Å². The zero-order valence-electron chi connectivity index (χ0n) is 37.9. The summed E-state index contributed by atoms with van der Waals surface area (Å²) in [6.45, 7) is 0. The molecule has 4 aromatic heterocycles. The van der Waals surface area contributed by atoms with Crippen molar-refractivity contribution in [2.45, 2.75) is 15.2 Å². The maximum absolute atomic E-state index is 10.2. The topological polar surface area (TPSA) is 119 Å². The van der Waals surface area contributed by atoms with E-state index in [-0.39, 0.29) is 0 Å². The van der Waals surface area contributed by atoms with Crippen LogP contribution >= 0.6 is 11.8 Å². The summed E-state index contributed by atoms with van der Waals surface area (Å²) in [6.07, 6.45) is 3.78. The van der Waals surface area contributed by atoms with Gasteiger partial charge in [-0.15, -0.1) is 0 Å². The van der Waals surface area contributed by atoms with Crippen LogP contribution in [-0.2, 0) is 5.41 Å². The number of fused-ring (bicyclic) bond motifs is 17. The number of para-hydroxylation sites is 3. The summed E-state index contributed by atoms with van der Waals surface area (Å²) < 4.78 is 11.6. The Bertz CT molecular complexity index is 4550. The largest absolute Gasteiger partial charge is 0.457 e. The van der Waals surface area contributed by atoms with Gasteiger partial charge in [0.2, 0.25) is 0 Å². The quantitative estimate of drug-likeness (QED) is 0.172. The van der Waals surface area contributed by atoms with Gasteiger partial charge in [0.15, 0.2) is 0 Å². The average molecular weight is 937 g/mol. The Morgan fingerprint density at radius 3 is 1.88 bits per heavy atom. The first-order valence-electron chi connectivity index (χ1n) is 23.5. The summed E-state index contributed by atoms with van der Waals surface area (Å²) in [4.78, 5) is 14.7. The number of nitriles is 3. The van der Waals surface area contributed by atoms with E-state index in [1.807, 2.05) is 103 Å². The molecule has 1 aliphatic carbocycles. The fourth-order valence-corrected chi connectivity index (χ4v) is 12.9. The van der Waals surface area contributed by atoms with E-state index in [1.54, 1.807) is 11.8 Å². The molecule has 0 fully saturated rings. The summed E-state index contributed by atoms with van der Waals surface area (Å²) in [5.41, 5.74) is 15.3. The standard InChI is InChI=1S/C62H32N8OS/c63-32-36-15-21-51-43(26-36)42-8-1-3-11-50(42)70(51)41-30-49-61(67-35-41)60-48(10-7-25-66-60)62(49)46-9-2-5-13-56(46)71-57-31-40(18-20-47(57)62)68-52-22-16-37(33-64)27-44(52)45-29-39(19-24-53(45)68)69-54-12-4-6-14-58(54)72-59-28-38(34-65)17-23-55(59)69/h1-31,35H. The first kappa shape index (κ1) is 40.0. The van der Waals surface area contributed by atoms with Crippen molar-refractivity contribution >= 4 is 72.4 Å². The minimum absolute atomic E-state index is 0.571. The minimum atomic E-state index is -0.859. The molecule has 9 nitrogen and oxygen atoms in total. The number of nitrogens with zero attached hydrogens (tertiary/aromatic N) is 8. The van der Waals surface area contributed by atoms with Crippen molar-refractivity contribution in [2.24, 2.45) is 0 Å². The number of hydrogen-bond acceptors (Lipinski definition) is 8. The molecule has 72 heavy (non-hydrogen) atoms. The Morgan fingerprint density at radius 2 is 1.04 bits per heavy atom. The van der Waals surface area contributed by atoms with E-state index in [2.05, 4.69) is 123 Å². The molecule has 0 saturated carbocycles. The normalized spacial score (nSPS) is 14.7. The highest BCUT2D eigenvalue weighted by atomic mass is 32.2. The van der Waals surface area contributed by atoms with Crippen LogP contribution in [0.4, 0.5) is 17.1 Å². The molecule has 1 atom stereocenters. The third-order valence-electron chi connectivity index (χ3n) is 14.7. The van der Waals surface area contributed by atoms with Crippen LogP contribution in [0.15, 0.2) is 204 Å². The van der Waals surface area contributed by atoms with Crippen LogP contribution in [0.2, 0.25) is 0 Å². The first-order valence-corrected chi connectivity index (χ1v) is 24.3. The molecule has 0 N–H and O–H groups in total. The molecule has 0 saturated heterocycles. The molecule has 15 rings (SSSR count). The van der Waals surface area contributed by atoms with Crippen LogP contribution in [-0.4, -0.2) is 19.1 Å². The van der Waals surface area contributed by atoms with Crippen molar-refractivity contribution in [1.82, 2.24) is 19.1 Å². The highest BCUT2D eigenvalue weighted by Gasteiger charge is 2.52. The highest BCUT2D eigenvalue weighted by Crippen LogP contribution is 2.62. The van der Waals surface area contributed by atoms with E-state index in [9.17, 15) is 15.8 Å². The van der Waals surface area contributed by atoms with Crippen molar-refractivity contribution < 1.29 is 4.74 Å². The highest BCUT2D eigenvalue weighted by molar-refractivity contribution is 7.99. The van der Waals surface area contributed by atoms with E-state index >= 15 is 0 Å². The van der Waals surface area contributed by atoms with Crippen LogP contribution < -0.4 is 9.64 Å². The number of anilines is 3. The third kappa shape index (κ3) is 5.34. The smallest absolute Gasteiger partial charge is 0.134 e. The van der Waals surface area contributed by atoms with Gasteiger partial charge in [-0.2, -0.15) is 15.8 Å². The fourth-order valence-electron chi connectivity index (χ4n) is 11.8. The molecule has 10 heteroatoms. The molecule has 3 aliphatic rings. The number of aromatic nitrogens is 4. The Kier molecular flexibility index (Phi) is 8.22. The van der Waals surface area contributed by atoms with Crippen molar-refractivity contribution in [1.29, 1.82) is 15.8 Å². The van der Waals surface area contributed by atoms with Gasteiger partial charge in [0.1, 0.15) is 11.5 Å². The van der Waals surface area contributed by atoms with Crippen molar-refractivity contribution in [3.05, 3.63) is 233 Å². The van der Waals surface area contributed by atoms with Gasteiger partial charge in [-0.25, -0.2) is 0 Å². The molecule has 2 aliphatic heterocycles. The van der Waals surface area contributed by atoms with Crippen molar-refractivity contribution in [3.63, 3.8) is 0 Å². The molecular formula is C62H32N8OS. The molecule has 1 unspecified atom stereocenters. The summed E-state index contributed by atoms with van der Waals surface area (Å²) in [6, 6.07) is 69.1. The lowest BCUT2D eigenvalue weighted by Gasteiger charge is -2.39. The Hall–Kier alpha value is -9.92. The SMILES string of the molecule is N#Cc1ccc2c(c1)Sc1ccccc1N2c1ccc2c(c1)c1cc(C#N)ccc1n2-c1ccc2c(c1)Oc1ccccc1C21c2cccnc2-c2ncc(-n3c4ccccc4c4cc(C#N)ccc43)cc21. The van der Waals surface area contributed by atoms with Gasteiger partial charge in [0, 0.05) is 71.7 Å². The Labute approximate surface area is 415 Å². The second-order valence-electron chi connectivity index (χ2n) is 18.3. The van der Waals surface area contributed by atoms with E-state index in [0.29, 0.717) is 22.4 Å². The van der Waals surface area contributed by atoms with E-state index in [4.69, 9.17) is 14.7 Å². The zero-order valence-corrected chi connectivity index (χ0v) is 38.7. The molecule has 0 radical (unpaired) electrons. The molecule has 1 spiro atoms. The van der Waals surface area contributed by atoms with Crippen LogP contribution in [0, 0.1) is 34.0 Å². The van der Waals surface area contributed by atoms with Gasteiger partial charge in [-0.3, -0.25) is 9.97 Å². The lowest BCUT2D eigenvalue weighted by molar-refractivity contribution is 0.436. The van der Waals surface area contributed by atoms with Crippen molar-refractivity contribution in [2.75, 3.05) is 4.90 Å². The molecule has 0 amide bonds. The van der Waals surface area contributed by atoms with Crippen LogP contribution in [0.5, 0.6) is 11.5 Å². The molecule has 0 bridgehead atoms. The monoisotopic (exact) mass is 936 g/mol. The molecule has 12 aromatic rings. The number of hydrogen-bond donors (Lipinski definition) is 0. The number of pyridine rings is 2. The molecule has 332 valence electrons. The van der Waals surface area contributed by atoms with Crippen LogP contribution in [0.25, 0.3) is 66.4 Å². The number of ether oxygens (including phenoxy) is 1. The maximum Gasteiger partial charge on any atom is 0.134 e. The summed E-state index contributed by atoms with van der Waals surface area (Å²) in [7, 11) is 0. The fraction of sp³-hybridized carbons (Fsp3) is 0.0161. The predicted octanol–water partition coefficient (Wildman–Crippen LogP) is 14.7. The lowest BCUT2D eigenvalue weighted by Crippen LogP contribution is -2.32. The lowest BCUT2D eigenvalue weighted by atomic mass is 9.66. The van der Waals surface area contributed by atoms with Crippen LogP contribution in [0.3, 0.4) is 0 Å². The van der Waals surface area contributed by atoms with Gasteiger partial charge >= 0.3 is 0 Å². The van der Waals surface area contributed by atoms with Gasteiger partial charge in [0.25, 0.3) is 0 Å². The maximum atomic E-state index is 10.2. The van der Waals surface area contributed by atoms with E-state index < -0.39 is 5.41 Å². The first-order chi connectivity index (χ1) is 35.5. The summed E-state index contributed by atoms with van der Waals surface area (Å²) >= 11 is 1.67. The molecule has 6 heterocycles. The van der Waals surface area contributed by atoms with Gasteiger partial charge < -0.3 is 18.8 Å². The van der Waals surface area contributed by atoms with E-state index in [1.165, 1.54) is 0 Å². The van der Waals surface area contributed by atoms with Crippen molar-refractivity contribution in [3.8, 4) is 52.5 Å². The molecular weight excluding hydrogens is 905 g/mol. The number of benzene rings is 8.